The van der Waals surface area contributed by atoms with Crippen LogP contribution in [0.2, 0.25) is 0 Å². The van der Waals surface area contributed by atoms with Crippen LogP contribution >= 0.6 is 0 Å². The van der Waals surface area contributed by atoms with E-state index < -0.39 is 0 Å². The molecule has 20 heavy (non-hydrogen) atoms. The van der Waals surface area contributed by atoms with Crippen LogP contribution in [-0.4, -0.2) is 4.57 Å². The van der Waals surface area contributed by atoms with E-state index in [0.717, 1.165) is 12.8 Å². The highest BCUT2D eigenvalue weighted by Crippen LogP contribution is 2.33. The topological polar surface area (TPSA) is 30.9 Å². The van der Waals surface area contributed by atoms with Crippen LogP contribution in [0.1, 0.15) is 54.4 Å². The summed E-state index contributed by atoms with van der Waals surface area (Å²) in [6.45, 7) is 4.53. The van der Waals surface area contributed by atoms with Gasteiger partial charge in [-0.15, -0.1) is 0 Å². The first-order chi connectivity index (χ1) is 9.66. The molecule has 1 aliphatic carbocycles. The number of nitrogens with zero attached hydrogens (tertiary/aromatic N) is 1. The zero-order valence-electron chi connectivity index (χ0n) is 12.5. The second kappa shape index (κ2) is 5.45. The molecular weight excluding hydrogens is 244 g/mol. The molecule has 1 aromatic carbocycles. The fourth-order valence-electron chi connectivity index (χ4n) is 3.62. The standard InChI is InChI=1S/C18H24N2/c1-13(11-15-7-4-3-5-8-15)20-14(2)12-16-17(19)9-6-10-18(16)20/h3-5,7-8,12-13,17H,6,9-11,19H2,1-2H3. The minimum atomic E-state index is 0.239. The van der Waals surface area contributed by atoms with Crippen molar-refractivity contribution in [1.29, 1.82) is 0 Å². The molecular formula is C18H24N2. The number of hydrogen-bond acceptors (Lipinski definition) is 1. The Morgan fingerprint density at radius 2 is 2.05 bits per heavy atom. The van der Waals surface area contributed by atoms with E-state index in [4.69, 9.17) is 5.73 Å². The van der Waals surface area contributed by atoms with Crippen molar-refractivity contribution in [3.05, 3.63) is 58.9 Å². The van der Waals surface area contributed by atoms with Gasteiger partial charge >= 0.3 is 0 Å². The number of hydrogen-bond donors (Lipinski definition) is 1. The van der Waals surface area contributed by atoms with Crippen molar-refractivity contribution in [3.63, 3.8) is 0 Å². The Labute approximate surface area is 121 Å². The minimum Gasteiger partial charge on any atom is -0.345 e. The molecule has 2 atom stereocenters. The second-order valence-electron chi connectivity index (χ2n) is 6.10. The van der Waals surface area contributed by atoms with Crippen molar-refractivity contribution in [3.8, 4) is 0 Å². The Morgan fingerprint density at radius 3 is 2.80 bits per heavy atom. The molecule has 2 unspecified atom stereocenters. The molecule has 3 rings (SSSR count). The summed E-state index contributed by atoms with van der Waals surface area (Å²) in [6, 6.07) is 13.8. The van der Waals surface area contributed by atoms with E-state index in [-0.39, 0.29) is 6.04 Å². The fraction of sp³-hybridized carbons (Fsp3) is 0.444. The molecule has 2 aromatic rings. The molecule has 0 radical (unpaired) electrons. The summed E-state index contributed by atoms with van der Waals surface area (Å²) in [5.41, 5.74) is 11.9. The van der Waals surface area contributed by atoms with Crippen LogP contribution in [0.15, 0.2) is 36.4 Å². The van der Waals surface area contributed by atoms with Gasteiger partial charge < -0.3 is 10.3 Å². The van der Waals surface area contributed by atoms with E-state index in [1.165, 1.54) is 35.4 Å². The average Bonchev–Trinajstić information content (AvgIpc) is 2.78. The van der Waals surface area contributed by atoms with Gasteiger partial charge in [-0.1, -0.05) is 30.3 Å². The highest BCUT2D eigenvalue weighted by Gasteiger charge is 2.24. The van der Waals surface area contributed by atoms with Crippen LogP contribution in [-0.2, 0) is 12.8 Å². The molecule has 0 fully saturated rings. The number of rotatable bonds is 3. The van der Waals surface area contributed by atoms with Crippen molar-refractivity contribution in [2.24, 2.45) is 5.73 Å². The molecule has 0 bridgehead atoms. The first-order valence-corrected chi connectivity index (χ1v) is 7.67. The quantitative estimate of drug-likeness (QED) is 0.898. The van der Waals surface area contributed by atoms with Crippen LogP contribution in [0.3, 0.4) is 0 Å². The monoisotopic (exact) mass is 268 g/mol. The highest BCUT2D eigenvalue weighted by atomic mass is 15.0. The molecule has 2 heteroatoms. The average molecular weight is 268 g/mol. The maximum Gasteiger partial charge on any atom is 0.0348 e. The summed E-state index contributed by atoms with van der Waals surface area (Å²) in [5.74, 6) is 0. The SMILES string of the molecule is Cc1cc2c(n1C(C)Cc1ccccc1)CCCC2N. The predicted octanol–water partition coefficient (Wildman–Crippen LogP) is 3.94. The summed E-state index contributed by atoms with van der Waals surface area (Å²) in [5, 5.41) is 0. The molecule has 2 nitrogen and oxygen atoms in total. The van der Waals surface area contributed by atoms with E-state index in [0.29, 0.717) is 6.04 Å². The smallest absolute Gasteiger partial charge is 0.0348 e. The first-order valence-electron chi connectivity index (χ1n) is 7.67. The van der Waals surface area contributed by atoms with Crippen LogP contribution < -0.4 is 5.73 Å². The number of benzene rings is 1. The largest absolute Gasteiger partial charge is 0.345 e. The third-order valence-corrected chi connectivity index (χ3v) is 4.51. The minimum absolute atomic E-state index is 0.239. The van der Waals surface area contributed by atoms with Gasteiger partial charge in [0.1, 0.15) is 0 Å². The zero-order valence-corrected chi connectivity index (χ0v) is 12.5. The zero-order chi connectivity index (χ0) is 14.1. The third kappa shape index (κ3) is 2.40. The Morgan fingerprint density at radius 1 is 1.30 bits per heavy atom. The molecule has 0 spiro atoms. The van der Waals surface area contributed by atoms with Crippen molar-refractivity contribution in [2.75, 3.05) is 0 Å². The summed E-state index contributed by atoms with van der Waals surface area (Å²) in [7, 11) is 0. The van der Waals surface area contributed by atoms with Crippen LogP contribution in [0.25, 0.3) is 0 Å². The van der Waals surface area contributed by atoms with Gasteiger partial charge in [-0.2, -0.15) is 0 Å². The van der Waals surface area contributed by atoms with Crippen molar-refractivity contribution < 1.29 is 0 Å². The number of aryl methyl sites for hydroxylation is 1. The Bertz CT molecular complexity index is 583. The summed E-state index contributed by atoms with van der Waals surface area (Å²) >= 11 is 0. The van der Waals surface area contributed by atoms with E-state index in [1.807, 2.05) is 0 Å². The molecule has 2 N–H and O–H groups in total. The van der Waals surface area contributed by atoms with Crippen molar-refractivity contribution in [2.45, 2.75) is 51.6 Å². The van der Waals surface area contributed by atoms with E-state index in [2.05, 4.69) is 54.8 Å². The molecule has 0 amide bonds. The third-order valence-electron chi connectivity index (χ3n) is 4.51. The van der Waals surface area contributed by atoms with E-state index in [9.17, 15) is 0 Å². The van der Waals surface area contributed by atoms with Crippen LogP contribution in [0.4, 0.5) is 0 Å². The lowest BCUT2D eigenvalue weighted by molar-refractivity contribution is 0.483. The lowest BCUT2D eigenvalue weighted by Crippen LogP contribution is -2.20. The fourth-order valence-corrected chi connectivity index (χ4v) is 3.62. The van der Waals surface area contributed by atoms with E-state index in [1.54, 1.807) is 0 Å². The molecule has 1 heterocycles. The maximum absolute atomic E-state index is 6.27. The Kier molecular flexibility index (Phi) is 3.66. The van der Waals surface area contributed by atoms with Crippen molar-refractivity contribution in [1.82, 2.24) is 4.57 Å². The molecule has 106 valence electrons. The van der Waals surface area contributed by atoms with Gasteiger partial charge in [0.2, 0.25) is 0 Å². The van der Waals surface area contributed by atoms with Gasteiger partial charge in [0.05, 0.1) is 0 Å². The van der Waals surface area contributed by atoms with Gasteiger partial charge in [-0.25, -0.2) is 0 Å². The Hall–Kier alpha value is -1.54. The number of nitrogens with two attached hydrogens (primary N) is 1. The number of fused-ring (bicyclic) bond motifs is 1. The van der Waals surface area contributed by atoms with Gasteiger partial charge in [0, 0.05) is 23.5 Å². The molecule has 0 aliphatic heterocycles. The normalized spacial score (nSPS) is 19.6. The number of aromatic nitrogens is 1. The maximum atomic E-state index is 6.27. The molecule has 0 saturated carbocycles. The molecule has 1 aromatic heterocycles. The second-order valence-corrected chi connectivity index (χ2v) is 6.10. The first kappa shape index (κ1) is 13.4. The highest BCUT2D eigenvalue weighted by molar-refractivity contribution is 5.33. The van der Waals surface area contributed by atoms with Gasteiger partial charge in [0.15, 0.2) is 0 Å². The van der Waals surface area contributed by atoms with E-state index >= 15 is 0 Å². The lowest BCUT2D eigenvalue weighted by Gasteiger charge is -2.25. The predicted molar refractivity (Wildman–Crippen MR) is 83.9 cm³/mol. The molecule has 0 saturated heterocycles. The van der Waals surface area contributed by atoms with Crippen LogP contribution in [0.5, 0.6) is 0 Å². The van der Waals surface area contributed by atoms with Gasteiger partial charge in [-0.05, 0) is 56.7 Å². The van der Waals surface area contributed by atoms with Gasteiger partial charge in [-0.3, -0.25) is 0 Å². The van der Waals surface area contributed by atoms with Crippen molar-refractivity contribution >= 4 is 0 Å². The summed E-state index contributed by atoms with van der Waals surface area (Å²) in [6.07, 6.45) is 4.60. The van der Waals surface area contributed by atoms with Crippen LogP contribution in [0, 0.1) is 6.92 Å². The van der Waals surface area contributed by atoms with Gasteiger partial charge in [0.25, 0.3) is 0 Å². The molecule has 1 aliphatic rings. The lowest BCUT2D eigenvalue weighted by atomic mass is 9.93. The Balaban J connectivity index is 1.90. The summed E-state index contributed by atoms with van der Waals surface area (Å²) in [4.78, 5) is 0. The summed E-state index contributed by atoms with van der Waals surface area (Å²) < 4.78 is 2.52.